The number of para-hydroxylation sites is 3. The normalized spacial score (nSPS) is 23.2. The molecule has 0 bridgehead atoms. The second-order valence-electron chi connectivity index (χ2n) is 19.8. The Hall–Kier alpha value is -7.93. The molecule has 0 saturated carbocycles. The molecule has 0 saturated heterocycles. The maximum absolute atomic E-state index is 9.86. The van der Waals surface area contributed by atoms with E-state index in [9.17, 15) is 5.26 Å². The summed E-state index contributed by atoms with van der Waals surface area (Å²) in [4.78, 5) is 2.59. The summed E-state index contributed by atoms with van der Waals surface area (Å²) in [5.41, 5.74) is 20.8. The molecule has 69 heavy (non-hydrogen) atoms. The lowest BCUT2D eigenvalue weighted by molar-refractivity contribution is 0.191. The average molecular weight is 889 g/mol. The molecule has 1 spiro atoms. The Morgan fingerprint density at radius 1 is 0.652 bits per heavy atom. The number of allylic oxidation sites excluding steroid dienone is 10. The summed E-state index contributed by atoms with van der Waals surface area (Å²) in [6, 6.07) is 67.8. The molecule has 0 radical (unpaired) electrons. The minimum Gasteiger partial charge on any atom is -0.484 e. The predicted molar refractivity (Wildman–Crippen MR) is 280 cm³/mol. The quantitative estimate of drug-likeness (QED) is 0.160. The van der Waals surface area contributed by atoms with Crippen LogP contribution in [0.5, 0.6) is 5.75 Å². The molecule has 6 aliphatic rings. The number of benzene rings is 7. The van der Waals surface area contributed by atoms with Gasteiger partial charge in [0.1, 0.15) is 11.9 Å². The molecule has 3 heteroatoms. The molecule has 2 heterocycles. The molecule has 2 aliphatic heterocycles. The van der Waals surface area contributed by atoms with E-state index in [1.54, 1.807) is 0 Å². The molecule has 4 aliphatic carbocycles. The van der Waals surface area contributed by atoms with Crippen molar-refractivity contribution in [3.05, 3.63) is 285 Å². The summed E-state index contributed by atoms with van der Waals surface area (Å²) in [7, 11) is 0. The van der Waals surface area contributed by atoms with Crippen LogP contribution >= 0.6 is 0 Å². The zero-order valence-corrected chi connectivity index (χ0v) is 39.0. The monoisotopic (exact) mass is 888 g/mol. The molecule has 0 N–H and O–H groups in total. The van der Waals surface area contributed by atoms with Crippen LogP contribution in [0.25, 0.3) is 16.7 Å². The highest BCUT2D eigenvalue weighted by Crippen LogP contribution is 2.64. The molecule has 0 aromatic heterocycles. The van der Waals surface area contributed by atoms with E-state index >= 15 is 0 Å². The van der Waals surface area contributed by atoms with E-state index in [0.717, 1.165) is 24.2 Å². The molecule has 0 amide bonds. The number of anilines is 2. The maximum Gasteiger partial charge on any atom is 0.131 e. The molecule has 332 valence electrons. The van der Waals surface area contributed by atoms with Crippen LogP contribution in [-0.4, -0.2) is 6.10 Å². The topological polar surface area (TPSA) is 36.3 Å². The second-order valence-corrected chi connectivity index (χ2v) is 19.8. The summed E-state index contributed by atoms with van der Waals surface area (Å²) >= 11 is 0. The van der Waals surface area contributed by atoms with Crippen molar-refractivity contribution in [2.45, 2.75) is 50.0 Å². The van der Waals surface area contributed by atoms with Gasteiger partial charge in [-0.2, -0.15) is 5.26 Å². The van der Waals surface area contributed by atoms with Crippen molar-refractivity contribution in [2.24, 2.45) is 17.8 Å². The van der Waals surface area contributed by atoms with Gasteiger partial charge < -0.3 is 9.64 Å². The lowest BCUT2D eigenvalue weighted by atomic mass is 9.62. The minimum absolute atomic E-state index is 0.00601. The Morgan fingerprint density at radius 3 is 2.10 bits per heavy atom. The maximum atomic E-state index is 9.86. The van der Waals surface area contributed by atoms with Crippen molar-refractivity contribution in [2.75, 3.05) is 4.90 Å². The van der Waals surface area contributed by atoms with Crippen LogP contribution in [-0.2, 0) is 5.41 Å². The third-order valence-corrected chi connectivity index (χ3v) is 16.1. The SMILES string of the molecule is Cc1ccccc1N1C2=C(C=CCC2C)C2(c3ccccc3-c3cc(C(C4=CC(C(c5ccccc5)C5C=CC(C#N)=CC5)C5Oc6ccccc6C5=C4)c4ccccc4)ccc32)c2ccccc21. The number of hydrogen-bond donors (Lipinski definition) is 0. The van der Waals surface area contributed by atoms with Gasteiger partial charge in [0.2, 0.25) is 0 Å². The van der Waals surface area contributed by atoms with Gasteiger partial charge in [0, 0.05) is 51.8 Å². The first-order chi connectivity index (χ1) is 34.0. The highest BCUT2D eigenvalue weighted by molar-refractivity contribution is 5.93. The molecular weight excluding hydrogens is 837 g/mol. The van der Waals surface area contributed by atoms with E-state index in [0.29, 0.717) is 5.92 Å². The van der Waals surface area contributed by atoms with Crippen molar-refractivity contribution in [3.8, 4) is 22.9 Å². The fourth-order valence-electron chi connectivity index (χ4n) is 13.2. The Balaban J connectivity index is 1.03. The van der Waals surface area contributed by atoms with E-state index < -0.39 is 5.41 Å². The fraction of sp³-hybridized carbons (Fsp3) is 0.167. The van der Waals surface area contributed by atoms with Crippen molar-refractivity contribution in [1.29, 1.82) is 5.26 Å². The van der Waals surface area contributed by atoms with Crippen LogP contribution < -0.4 is 9.64 Å². The van der Waals surface area contributed by atoms with Crippen LogP contribution in [0.3, 0.4) is 0 Å². The van der Waals surface area contributed by atoms with Gasteiger partial charge in [0.25, 0.3) is 0 Å². The van der Waals surface area contributed by atoms with Gasteiger partial charge in [-0.15, -0.1) is 0 Å². The van der Waals surface area contributed by atoms with Crippen LogP contribution in [0.2, 0.25) is 0 Å². The van der Waals surface area contributed by atoms with E-state index in [-0.39, 0.29) is 29.8 Å². The molecule has 7 aromatic rings. The van der Waals surface area contributed by atoms with Gasteiger partial charge in [-0.1, -0.05) is 195 Å². The molecule has 3 nitrogen and oxygen atoms in total. The van der Waals surface area contributed by atoms with Crippen molar-refractivity contribution in [3.63, 3.8) is 0 Å². The summed E-state index contributed by atoms with van der Waals surface area (Å²) in [5.74, 6) is 1.47. The molecule has 0 fully saturated rings. The van der Waals surface area contributed by atoms with E-state index in [1.165, 1.54) is 89.4 Å². The van der Waals surface area contributed by atoms with Crippen molar-refractivity contribution >= 4 is 16.9 Å². The highest BCUT2D eigenvalue weighted by Gasteiger charge is 2.53. The van der Waals surface area contributed by atoms with Gasteiger partial charge in [0.05, 0.1) is 17.2 Å². The predicted octanol–water partition coefficient (Wildman–Crippen LogP) is 15.7. The summed E-state index contributed by atoms with van der Waals surface area (Å²) in [5, 5.41) is 9.86. The molecule has 7 aromatic carbocycles. The van der Waals surface area contributed by atoms with Gasteiger partial charge in [-0.3, -0.25) is 0 Å². The van der Waals surface area contributed by atoms with E-state index in [1.807, 2.05) is 6.08 Å². The summed E-state index contributed by atoms with van der Waals surface area (Å²) in [6.45, 7) is 4.65. The molecule has 13 rings (SSSR count). The Morgan fingerprint density at radius 2 is 1.33 bits per heavy atom. The number of nitriles is 1. The molecule has 7 unspecified atom stereocenters. The number of nitrogens with zero attached hydrogens (tertiary/aromatic N) is 2. The second kappa shape index (κ2) is 16.4. The first-order valence-electron chi connectivity index (χ1n) is 24.7. The van der Waals surface area contributed by atoms with Gasteiger partial charge in [-0.05, 0) is 117 Å². The number of hydrogen-bond acceptors (Lipinski definition) is 3. The first kappa shape index (κ1) is 41.3. The van der Waals surface area contributed by atoms with Crippen LogP contribution in [0, 0.1) is 36.0 Å². The highest BCUT2D eigenvalue weighted by atomic mass is 16.5. The zero-order valence-electron chi connectivity index (χ0n) is 39.0. The average Bonchev–Trinajstić information content (AvgIpc) is 3.92. The number of ether oxygens (including phenoxy) is 1. The summed E-state index contributed by atoms with van der Waals surface area (Å²) < 4.78 is 7.07. The number of fused-ring (bicyclic) bond motifs is 11. The van der Waals surface area contributed by atoms with Crippen LogP contribution in [0.15, 0.2) is 241 Å². The minimum atomic E-state index is -0.505. The Labute approximate surface area is 406 Å². The zero-order chi connectivity index (χ0) is 46.2. The Kier molecular flexibility index (Phi) is 9.81. The van der Waals surface area contributed by atoms with Gasteiger partial charge >= 0.3 is 0 Å². The molecular formula is C66H52N2O. The van der Waals surface area contributed by atoms with Crippen LogP contribution in [0.1, 0.15) is 76.1 Å². The van der Waals surface area contributed by atoms with Gasteiger partial charge in [0.15, 0.2) is 0 Å². The lowest BCUT2D eigenvalue weighted by Gasteiger charge is -2.48. The van der Waals surface area contributed by atoms with E-state index in [4.69, 9.17) is 4.74 Å². The number of rotatable bonds is 7. The number of aryl methyl sites for hydroxylation is 1. The first-order valence-corrected chi connectivity index (χ1v) is 24.7. The van der Waals surface area contributed by atoms with Gasteiger partial charge in [-0.25, -0.2) is 0 Å². The van der Waals surface area contributed by atoms with Crippen molar-refractivity contribution < 1.29 is 4.74 Å². The largest absolute Gasteiger partial charge is 0.484 e. The fourth-order valence-corrected chi connectivity index (χ4v) is 13.2. The van der Waals surface area contributed by atoms with Crippen LogP contribution in [0.4, 0.5) is 11.4 Å². The lowest BCUT2D eigenvalue weighted by Crippen LogP contribution is -2.41. The third-order valence-electron chi connectivity index (χ3n) is 16.1. The Bertz CT molecular complexity index is 3450. The smallest absolute Gasteiger partial charge is 0.131 e. The van der Waals surface area contributed by atoms with Crippen molar-refractivity contribution in [1.82, 2.24) is 0 Å². The standard InChI is InChI=1S/C66H52N2O/c1-42-18-9-14-29-59(42)68-60-30-15-13-27-57(60)66(58-28-17-19-43(2)64(58)68)55-26-12-10-24-50(55)52-38-48(36-37-56(52)66)62(45-20-5-3-6-21-45)49-39-53-51-25-11-16-31-61(51)69-65(53)54(40-49)63(46-22-7-4-8-23-46)47-34-32-44(41-67)33-35-47/h3-18,20-34,36-40,43,47,54,62-63,65H,19,35H2,1-2H3. The summed E-state index contributed by atoms with van der Waals surface area (Å²) in [6.07, 6.45) is 17.9. The van der Waals surface area contributed by atoms with E-state index in [2.05, 4.69) is 237 Å². The molecule has 7 atom stereocenters. The third kappa shape index (κ3) is 6.32.